The van der Waals surface area contributed by atoms with Gasteiger partial charge in [0.05, 0.1) is 28.4 Å². The summed E-state index contributed by atoms with van der Waals surface area (Å²) in [6, 6.07) is 5.99. The van der Waals surface area contributed by atoms with Crippen molar-refractivity contribution in [2.24, 2.45) is 0 Å². The molecule has 2 aliphatic rings. The van der Waals surface area contributed by atoms with Gasteiger partial charge in [-0.25, -0.2) is 0 Å². The second-order valence-corrected chi connectivity index (χ2v) is 9.44. The number of phenols is 2. The topological polar surface area (TPSA) is 105 Å². The van der Waals surface area contributed by atoms with Gasteiger partial charge in [0.1, 0.15) is 11.5 Å². The van der Waals surface area contributed by atoms with Gasteiger partial charge in [-0.2, -0.15) is 0 Å². The van der Waals surface area contributed by atoms with E-state index < -0.39 is 11.6 Å². The van der Waals surface area contributed by atoms with E-state index in [9.17, 15) is 19.8 Å². The molecular formula is C24H29ClN4O4. The molecule has 2 unspecified atom stereocenters. The van der Waals surface area contributed by atoms with Crippen LogP contribution in [0.15, 0.2) is 24.3 Å². The zero-order valence-corrected chi connectivity index (χ0v) is 19.7. The zero-order chi connectivity index (χ0) is 23.9. The number of anilines is 2. The molecule has 9 heteroatoms. The average molecular weight is 473 g/mol. The van der Waals surface area contributed by atoms with Crippen LogP contribution in [-0.4, -0.2) is 83.4 Å². The molecule has 0 bridgehead atoms. The Bertz CT molecular complexity index is 1100. The maximum Gasteiger partial charge on any atom is 0.200 e. The van der Waals surface area contributed by atoms with Gasteiger partial charge in [0, 0.05) is 36.4 Å². The Morgan fingerprint density at radius 3 is 2.15 bits per heavy atom. The first-order chi connectivity index (χ1) is 15.7. The van der Waals surface area contributed by atoms with Crippen molar-refractivity contribution in [2.45, 2.75) is 24.9 Å². The van der Waals surface area contributed by atoms with Gasteiger partial charge < -0.3 is 25.7 Å². The van der Waals surface area contributed by atoms with E-state index in [1.165, 1.54) is 12.1 Å². The fourth-order valence-corrected chi connectivity index (χ4v) is 4.62. The first-order valence-electron chi connectivity index (χ1n) is 11.0. The minimum atomic E-state index is -0.505. The lowest BCUT2D eigenvalue weighted by atomic mass is 9.81. The van der Waals surface area contributed by atoms with Crippen LogP contribution in [0, 0.1) is 0 Å². The van der Waals surface area contributed by atoms with E-state index in [0.717, 1.165) is 26.1 Å². The van der Waals surface area contributed by atoms with Crippen molar-refractivity contribution in [3.05, 3.63) is 46.5 Å². The Balaban J connectivity index is 1.74. The third-order valence-electron chi connectivity index (χ3n) is 6.37. The van der Waals surface area contributed by atoms with Crippen LogP contribution in [0.1, 0.15) is 45.2 Å². The van der Waals surface area contributed by atoms with Crippen molar-refractivity contribution >= 4 is 34.5 Å². The molecule has 176 valence electrons. The molecule has 0 saturated carbocycles. The number of benzene rings is 2. The standard InChI is InChI=1S/C24H29ClN4O4/c1-13(28(2)3)27-16-5-4-15(26-9-11-29-10-8-14(25)12-29)19-20(16)24(33)22-18(31)7-6-17(30)21(22)23(19)32/h4-7,13-14,26-27,30-31H,8-12H2,1-3H3. The van der Waals surface area contributed by atoms with Crippen LogP contribution >= 0.6 is 11.6 Å². The lowest BCUT2D eigenvalue weighted by molar-refractivity contribution is 0.0975. The van der Waals surface area contributed by atoms with Crippen molar-refractivity contribution < 1.29 is 19.8 Å². The van der Waals surface area contributed by atoms with Crippen molar-refractivity contribution in [3.8, 4) is 11.5 Å². The predicted octanol–water partition coefficient (Wildman–Crippen LogP) is 2.92. The third kappa shape index (κ3) is 4.38. The minimum Gasteiger partial charge on any atom is -0.507 e. The van der Waals surface area contributed by atoms with Crippen molar-refractivity contribution in [1.82, 2.24) is 9.80 Å². The lowest BCUT2D eigenvalue weighted by Crippen LogP contribution is -2.34. The normalized spacial score (nSPS) is 18.9. The first-order valence-corrected chi connectivity index (χ1v) is 11.5. The Kier molecular flexibility index (Phi) is 6.52. The summed E-state index contributed by atoms with van der Waals surface area (Å²) in [4.78, 5) is 31.3. The summed E-state index contributed by atoms with van der Waals surface area (Å²) in [6.07, 6.45) is 0.835. The summed E-state index contributed by atoms with van der Waals surface area (Å²) in [7, 11) is 3.80. The van der Waals surface area contributed by atoms with Crippen LogP contribution in [0.3, 0.4) is 0 Å². The van der Waals surface area contributed by atoms with E-state index in [1.54, 1.807) is 12.1 Å². The van der Waals surface area contributed by atoms with Crippen LogP contribution in [0.5, 0.6) is 11.5 Å². The Morgan fingerprint density at radius 1 is 1.03 bits per heavy atom. The summed E-state index contributed by atoms with van der Waals surface area (Å²) in [6.45, 7) is 5.00. The van der Waals surface area contributed by atoms with Gasteiger partial charge in [0.15, 0.2) is 0 Å². The molecule has 1 fully saturated rings. The van der Waals surface area contributed by atoms with Gasteiger partial charge in [0.2, 0.25) is 11.6 Å². The molecule has 8 nitrogen and oxygen atoms in total. The number of nitrogens with zero attached hydrogens (tertiary/aromatic N) is 2. The Morgan fingerprint density at radius 2 is 1.61 bits per heavy atom. The highest BCUT2D eigenvalue weighted by Gasteiger charge is 2.38. The first kappa shape index (κ1) is 23.4. The number of ketones is 2. The number of likely N-dealkylation sites (tertiary alicyclic amines) is 1. The van der Waals surface area contributed by atoms with Crippen LogP contribution in [0.25, 0.3) is 0 Å². The summed E-state index contributed by atoms with van der Waals surface area (Å²) in [5.41, 5.74) is 1.05. The highest BCUT2D eigenvalue weighted by Crippen LogP contribution is 2.42. The molecule has 2 atom stereocenters. The summed E-state index contributed by atoms with van der Waals surface area (Å²) in [5, 5.41) is 27.5. The van der Waals surface area contributed by atoms with Gasteiger partial charge >= 0.3 is 0 Å². The van der Waals surface area contributed by atoms with Crippen molar-refractivity contribution in [2.75, 3.05) is 50.9 Å². The number of halogens is 1. The van der Waals surface area contributed by atoms with Crippen molar-refractivity contribution in [3.63, 3.8) is 0 Å². The van der Waals surface area contributed by atoms with Gasteiger partial charge in [-0.15, -0.1) is 11.6 Å². The number of hydrogen-bond donors (Lipinski definition) is 4. The lowest BCUT2D eigenvalue weighted by Gasteiger charge is -2.28. The van der Waals surface area contributed by atoms with E-state index in [4.69, 9.17) is 11.6 Å². The van der Waals surface area contributed by atoms with Crippen LogP contribution in [0.2, 0.25) is 0 Å². The van der Waals surface area contributed by atoms with Gasteiger partial charge in [-0.1, -0.05) is 0 Å². The smallest absolute Gasteiger partial charge is 0.200 e. The summed E-state index contributed by atoms with van der Waals surface area (Å²) < 4.78 is 0. The van der Waals surface area contributed by atoms with Gasteiger partial charge in [-0.3, -0.25) is 14.5 Å². The van der Waals surface area contributed by atoms with Gasteiger partial charge in [-0.05, 0) is 58.3 Å². The largest absolute Gasteiger partial charge is 0.507 e. The van der Waals surface area contributed by atoms with E-state index in [2.05, 4.69) is 15.5 Å². The molecule has 1 heterocycles. The quantitative estimate of drug-likeness (QED) is 0.236. The van der Waals surface area contributed by atoms with E-state index >= 15 is 0 Å². The molecular weight excluding hydrogens is 444 g/mol. The zero-order valence-electron chi connectivity index (χ0n) is 19.0. The molecule has 0 spiro atoms. The van der Waals surface area contributed by atoms with Crippen LogP contribution < -0.4 is 10.6 Å². The Labute approximate surface area is 198 Å². The van der Waals surface area contributed by atoms with Gasteiger partial charge in [0.25, 0.3) is 0 Å². The fraction of sp³-hybridized carbons (Fsp3) is 0.417. The van der Waals surface area contributed by atoms with E-state index in [1.807, 2.05) is 25.9 Å². The molecule has 0 aromatic heterocycles. The second kappa shape index (κ2) is 9.21. The molecule has 33 heavy (non-hydrogen) atoms. The summed E-state index contributed by atoms with van der Waals surface area (Å²) in [5.74, 6) is -1.67. The van der Waals surface area contributed by atoms with E-state index in [0.29, 0.717) is 17.9 Å². The monoisotopic (exact) mass is 472 g/mol. The highest BCUT2D eigenvalue weighted by molar-refractivity contribution is 6.33. The molecule has 0 amide bonds. The second-order valence-electron chi connectivity index (χ2n) is 8.82. The molecule has 2 aromatic carbocycles. The fourth-order valence-electron chi connectivity index (χ4n) is 4.32. The number of carbonyl (C=O) groups excluding carboxylic acids is 2. The molecule has 4 N–H and O–H groups in total. The minimum absolute atomic E-state index is 0.117. The molecule has 1 aliphatic heterocycles. The molecule has 2 aromatic rings. The number of alkyl halides is 1. The summed E-state index contributed by atoms with van der Waals surface area (Å²) >= 11 is 6.19. The van der Waals surface area contributed by atoms with Crippen LogP contribution in [0.4, 0.5) is 11.4 Å². The number of rotatable bonds is 7. The maximum atomic E-state index is 13.6. The Hall–Kier alpha value is -2.81. The number of carbonyl (C=O) groups is 2. The predicted molar refractivity (Wildman–Crippen MR) is 129 cm³/mol. The highest BCUT2D eigenvalue weighted by atomic mass is 35.5. The van der Waals surface area contributed by atoms with Crippen molar-refractivity contribution in [1.29, 1.82) is 0 Å². The number of phenolic OH excluding ortho intramolecular Hbond substituents is 2. The number of aromatic hydroxyl groups is 2. The third-order valence-corrected chi connectivity index (χ3v) is 6.73. The maximum absolute atomic E-state index is 13.6. The molecule has 4 rings (SSSR count). The number of nitrogens with one attached hydrogen (secondary N) is 2. The number of fused-ring (bicyclic) bond motifs is 2. The van der Waals surface area contributed by atoms with Crippen LogP contribution in [-0.2, 0) is 0 Å². The number of hydrogen-bond acceptors (Lipinski definition) is 8. The molecule has 1 saturated heterocycles. The SMILES string of the molecule is CC(Nc1ccc(NCCN2CCC(Cl)C2)c2c1C(=O)c1c(O)ccc(O)c1C2=O)N(C)C. The van der Waals surface area contributed by atoms with E-state index in [-0.39, 0.29) is 45.3 Å². The average Bonchev–Trinajstić information content (AvgIpc) is 3.18. The molecule has 0 radical (unpaired) electrons. The molecule has 1 aliphatic carbocycles.